The third-order valence-corrected chi connectivity index (χ3v) is 4.45. The van der Waals surface area contributed by atoms with Crippen molar-refractivity contribution in [2.24, 2.45) is 5.92 Å². The van der Waals surface area contributed by atoms with E-state index in [1.54, 1.807) is 6.07 Å². The summed E-state index contributed by atoms with van der Waals surface area (Å²) in [5, 5.41) is 24.5. The van der Waals surface area contributed by atoms with Crippen LogP contribution in [0.2, 0.25) is 0 Å². The molecule has 2 aliphatic rings. The van der Waals surface area contributed by atoms with Gasteiger partial charge in [-0.15, -0.1) is 24.8 Å². The number of hydrogen-bond donors (Lipinski definition) is 2. The predicted molar refractivity (Wildman–Crippen MR) is 95.7 cm³/mol. The van der Waals surface area contributed by atoms with Gasteiger partial charge in [0, 0.05) is 38.3 Å². The second kappa shape index (κ2) is 8.71. The van der Waals surface area contributed by atoms with E-state index in [-0.39, 0.29) is 42.3 Å². The first kappa shape index (κ1) is 20.8. The number of aromatic hydroxyl groups is 1. The molecular formula is C15H23Cl2N3O4. The van der Waals surface area contributed by atoms with Crippen LogP contribution in [0.3, 0.4) is 0 Å². The van der Waals surface area contributed by atoms with Gasteiger partial charge in [0.2, 0.25) is 5.75 Å². The number of nitro benzene ring substituents is 1. The first-order chi connectivity index (χ1) is 10.6. The summed E-state index contributed by atoms with van der Waals surface area (Å²) in [5.41, 5.74) is 0.584. The topological polar surface area (TPSA) is 87.9 Å². The van der Waals surface area contributed by atoms with E-state index in [2.05, 4.69) is 10.2 Å². The van der Waals surface area contributed by atoms with Crippen LogP contribution in [0.15, 0.2) is 12.1 Å². The van der Waals surface area contributed by atoms with E-state index < -0.39 is 10.7 Å². The average Bonchev–Trinajstić information content (AvgIpc) is 3.34. The van der Waals surface area contributed by atoms with E-state index in [9.17, 15) is 15.2 Å². The molecule has 2 fully saturated rings. The highest BCUT2D eigenvalue weighted by Gasteiger charge is 2.38. The fourth-order valence-corrected chi connectivity index (χ4v) is 3.23. The van der Waals surface area contributed by atoms with Gasteiger partial charge in [-0.25, -0.2) is 0 Å². The molecule has 0 amide bonds. The molecule has 1 aromatic carbocycles. The Morgan fingerprint density at radius 2 is 1.96 bits per heavy atom. The largest absolute Gasteiger partial charge is 0.500 e. The van der Waals surface area contributed by atoms with Crippen LogP contribution in [0.25, 0.3) is 0 Å². The Morgan fingerprint density at radius 1 is 1.33 bits per heavy atom. The lowest BCUT2D eigenvalue weighted by molar-refractivity contribution is -0.386. The third-order valence-electron chi connectivity index (χ3n) is 4.45. The molecule has 1 aromatic rings. The van der Waals surface area contributed by atoms with E-state index in [1.165, 1.54) is 13.2 Å². The molecule has 1 heterocycles. The lowest BCUT2D eigenvalue weighted by Crippen LogP contribution is -2.45. The SMILES string of the molecule is COc1cc([C@H](C2CC2)N2CCNCC2)cc([N+](=O)[O-])c1O.Cl.Cl. The Hall–Kier alpha value is -1.28. The van der Waals surface area contributed by atoms with Crippen molar-refractivity contribution in [3.8, 4) is 11.5 Å². The molecule has 0 spiro atoms. The maximum Gasteiger partial charge on any atom is 0.314 e. The standard InChI is InChI=1S/C15H21N3O4.2ClH/c1-22-13-9-11(8-12(15(13)19)18(20)21)14(10-2-3-10)17-6-4-16-5-7-17;;/h8-10,14,16,19H,2-7H2,1H3;2*1H/t14-;;/m0../s1. The number of benzene rings is 1. The lowest BCUT2D eigenvalue weighted by Gasteiger charge is -2.35. The molecule has 1 aliphatic heterocycles. The van der Waals surface area contributed by atoms with Crippen molar-refractivity contribution in [2.75, 3.05) is 33.3 Å². The normalized spacial score (nSPS) is 18.9. The van der Waals surface area contributed by atoms with Gasteiger partial charge in [0.05, 0.1) is 12.0 Å². The van der Waals surface area contributed by atoms with E-state index in [1.807, 2.05) is 0 Å². The number of rotatable bonds is 5. The summed E-state index contributed by atoms with van der Waals surface area (Å²) in [6, 6.07) is 3.41. The molecule has 1 saturated heterocycles. The summed E-state index contributed by atoms with van der Waals surface area (Å²) in [6.45, 7) is 3.72. The van der Waals surface area contributed by atoms with Gasteiger partial charge >= 0.3 is 5.69 Å². The molecule has 1 atom stereocenters. The number of phenols is 1. The zero-order chi connectivity index (χ0) is 15.7. The number of nitrogens with zero attached hydrogens (tertiary/aromatic N) is 2. The Morgan fingerprint density at radius 3 is 2.46 bits per heavy atom. The van der Waals surface area contributed by atoms with E-state index in [4.69, 9.17) is 4.74 Å². The van der Waals surface area contributed by atoms with E-state index in [0.717, 1.165) is 44.6 Å². The van der Waals surface area contributed by atoms with Gasteiger partial charge in [0.1, 0.15) is 0 Å². The average molecular weight is 380 g/mol. The Balaban J connectivity index is 0.00000144. The maximum atomic E-state index is 11.2. The number of nitro groups is 1. The molecule has 9 heteroatoms. The maximum absolute atomic E-state index is 11.2. The summed E-state index contributed by atoms with van der Waals surface area (Å²) in [4.78, 5) is 13.0. The van der Waals surface area contributed by atoms with Crippen LogP contribution < -0.4 is 10.1 Å². The molecule has 0 unspecified atom stereocenters. The van der Waals surface area contributed by atoms with Crippen molar-refractivity contribution in [2.45, 2.75) is 18.9 Å². The highest BCUT2D eigenvalue weighted by molar-refractivity contribution is 5.85. The lowest BCUT2D eigenvalue weighted by atomic mass is 9.98. The van der Waals surface area contributed by atoms with Crippen LogP contribution in [-0.2, 0) is 0 Å². The van der Waals surface area contributed by atoms with Gasteiger partial charge in [0.15, 0.2) is 5.75 Å². The molecule has 1 aliphatic carbocycles. The van der Waals surface area contributed by atoms with Crippen LogP contribution >= 0.6 is 24.8 Å². The van der Waals surface area contributed by atoms with Crippen molar-refractivity contribution in [1.82, 2.24) is 10.2 Å². The van der Waals surface area contributed by atoms with Crippen LogP contribution in [-0.4, -0.2) is 48.2 Å². The van der Waals surface area contributed by atoms with Gasteiger partial charge in [-0.2, -0.15) is 0 Å². The first-order valence-corrected chi connectivity index (χ1v) is 7.62. The first-order valence-electron chi connectivity index (χ1n) is 7.62. The smallest absolute Gasteiger partial charge is 0.314 e. The monoisotopic (exact) mass is 379 g/mol. The van der Waals surface area contributed by atoms with E-state index in [0.29, 0.717) is 5.92 Å². The number of ether oxygens (including phenoxy) is 1. The molecule has 0 bridgehead atoms. The summed E-state index contributed by atoms with van der Waals surface area (Å²) in [7, 11) is 1.42. The van der Waals surface area contributed by atoms with Gasteiger partial charge < -0.3 is 15.2 Å². The molecule has 1 saturated carbocycles. The highest BCUT2D eigenvalue weighted by Crippen LogP contribution is 2.48. The van der Waals surface area contributed by atoms with Crippen LogP contribution in [0.4, 0.5) is 5.69 Å². The molecule has 0 radical (unpaired) electrons. The number of halogens is 2. The minimum absolute atomic E-state index is 0. The van der Waals surface area contributed by atoms with Crippen LogP contribution in [0.1, 0.15) is 24.4 Å². The Bertz CT molecular complexity index is 578. The third kappa shape index (κ3) is 4.22. The number of hydrogen-bond acceptors (Lipinski definition) is 6. The quantitative estimate of drug-likeness (QED) is 0.603. The number of methoxy groups -OCH3 is 1. The minimum atomic E-state index is -0.553. The summed E-state index contributed by atoms with van der Waals surface area (Å²) in [5.74, 6) is 0.308. The Labute approximate surface area is 153 Å². The van der Waals surface area contributed by atoms with Crippen molar-refractivity contribution in [1.29, 1.82) is 0 Å². The Kier molecular flexibility index (Phi) is 7.54. The molecule has 2 N–H and O–H groups in total. The van der Waals surface area contributed by atoms with Gasteiger partial charge in [-0.05, 0) is 30.4 Å². The predicted octanol–water partition coefficient (Wildman–Crippen LogP) is 2.51. The molecule has 7 nitrogen and oxygen atoms in total. The fraction of sp³-hybridized carbons (Fsp3) is 0.600. The molecule has 3 rings (SSSR count). The summed E-state index contributed by atoms with van der Waals surface area (Å²) < 4.78 is 5.13. The van der Waals surface area contributed by atoms with Crippen molar-refractivity contribution in [3.05, 3.63) is 27.8 Å². The second-order valence-corrected chi connectivity index (χ2v) is 5.92. The molecular weight excluding hydrogens is 357 g/mol. The van der Waals surface area contributed by atoms with Crippen molar-refractivity contribution >= 4 is 30.5 Å². The van der Waals surface area contributed by atoms with Crippen molar-refractivity contribution in [3.63, 3.8) is 0 Å². The summed E-state index contributed by atoms with van der Waals surface area (Å²) >= 11 is 0. The minimum Gasteiger partial charge on any atom is -0.500 e. The zero-order valence-corrected chi connectivity index (χ0v) is 15.1. The second-order valence-electron chi connectivity index (χ2n) is 5.92. The number of nitrogens with one attached hydrogen (secondary N) is 1. The highest BCUT2D eigenvalue weighted by atomic mass is 35.5. The van der Waals surface area contributed by atoms with Crippen LogP contribution in [0, 0.1) is 16.0 Å². The molecule has 136 valence electrons. The van der Waals surface area contributed by atoms with Gasteiger partial charge in [0.25, 0.3) is 0 Å². The zero-order valence-electron chi connectivity index (χ0n) is 13.4. The van der Waals surface area contributed by atoms with E-state index >= 15 is 0 Å². The number of phenolic OH excluding ortho intramolecular Hbond substituents is 1. The van der Waals surface area contributed by atoms with Gasteiger partial charge in [-0.1, -0.05) is 0 Å². The van der Waals surface area contributed by atoms with Crippen LogP contribution in [0.5, 0.6) is 11.5 Å². The fourth-order valence-electron chi connectivity index (χ4n) is 3.23. The molecule has 0 aromatic heterocycles. The van der Waals surface area contributed by atoms with Crippen molar-refractivity contribution < 1.29 is 14.8 Å². The molecule has 24 heavy (non-hydrogen) atoms. The van der Waals surface area contributed by atoms with Gasteiger partial charge in [-0.3, -0.25) is 15.0 Å². The summed E-state index contributed by atoms with van der Waals surface area (Å²) in [6.07, 6.45) is 2.29. The number of piperazine rings is 1.